The summed E-state index contributed by atoms with van der Waals surface area (Å²) in [4.78, 5) is 15.9. The van der Waals surface area contributed by atoms with E-state index in [4.69, 9.17) is 15.3 Å². The zero-order valence-corrected chi connectivity index (χ0v) is 16.8. The number of nitrogens with zero attached hydrogens (tertiary/aromatic N) is 5. The number of nitrogens with two attached hydrogens (primary N) is 1. The molecule has 1 aromatic carbocycles. The first kappa shape index (κ1) is 19.0. The lowest BCUT2D eigenvalue weighted by molar-refractivity contribution is -0.113. The molecule has 4 rings (SSSR count). The first-order valence-electron chi connectivity index (χ1n) is 8.33. The minimum absolute atomic E-state index is 0.119. The number of hydrogen-bond donors (Lipinski definition) is 3. The molecule has 0 bridgehead atoms. The van der Waals surface area contributed by atoms with E-state index in [2.05, 4.69) is 31.0 Å². The lowest BCUT2D eigenvalue weighted by Crippen LogP contribution is -2.17. The first-order chi connectivity index (χ1) is 14.1. The number of nitrogen functional groups attached to an aromatic ring is 1. The van der Waals surface area contributed by atoms with Gasteiger partial charge in [-0.1, -0.05) is 11.8 Å². The third kappa shape index (κ3) is 4.41. The first-order valence-corrected chi connectivity index (χ1v) is 10.2. The molecule has 150 valence electrons. The van der Waals surface area contributed by atoms with Crippen LogP contribution in [0.2, 0.25) is 0 Å². The van der Waals surface area contributed by atoms with Gasteiger partial charge in [0.05, 0.1) is 11.5 Å². The van der Waals surface area contributed by atoms with Crippen molar-refractivity contribution in [3.63, 3.8) is 0 Å². The molecule has 4 N–H and O–H groups in total. The van der Waals surface area contributed by atoms with Crippen LogP contribution in [0.25, 0.3) is 0 Å². The molecule has 0 radical (unpaired) electrons. The number of nitrogens with one attached hydrogen (secondary N) is 2. The molecule has 11 nitrogen and oxygen atoms in total. The van der Waals surface area contributed by atoms with Gasteiger partial charge in [0.25, 0.3) is 5.95 Å². The minimum atomic E-state index is -0.209. The molecular formula is C16H16N8O3S2. The van der Waals surface area contributed by atoms with Crippen molar-refractivity contribution in [2.75, 3.05) is 29.1 Å². The smallest absolute Gasteiger partial charge is 0.264 e. The molecule has 3 aromatic rings. The maximum Gasteiger partial charge on any atom is 0.264 e. The average Bonchev–Trinajstić information content (AvgIpc) is 3.46. The van der Waals surface area contributed by atoms with E-state index in [1.165, 1.54) is 16.0 Å². The Morgan fingerprint density at radius 2 is 2.24 bits per heavy atom. The second kappa shape index (κ2) is 8.36. The third-order valence-corrected chi connectivity index (χ3v) is 5.42. The molecule has 0 saturated heterocycles. The number of fused-ring (bicyclic) bond motifs is 1. The number of aromatic nitrogens is 4. The van der Waals surface area contributed by atoms with Gasteiger partial charge < -0.3 is 20.6 Å². The molecule has 0 fully saturated rings. The average molecular weight is 432 g/mol. The van der Waals surface area contributed by atoms with Crippen molar-refractivity contribution in [3.8, 4) is 11.5 Å². The molecule has 1 amide bonds. The van der Waals surface area contributed by atoms with Gasteiger partial charge in [-0.05, 0) is 25.1 Å². The zero-order valence-electron chi connectivity index (χ0n) is 15.2. The van der Waals surface area contributed by atoms with Crippen LogP contribution >= 0.6 is 23.1 Å². The summed E-state index contributed by atoms with van der Waals surface area (Å²) >= 11 is 2.50. The highest BCUT2D eigenvalue weighted by Crippen LogP contribution is 2.32. The number of thiazole rings is 1. The molecule has 0 spiro atoms. The highest BCUT2D eigenvalue weighted by atomic mass is 32.2. The van der Waals surface area contributed by atoms with Crippen molar-refractivity contribution in [3.05, 3.63) is 35.3 Å². The second-order valence-corrected chi connectivity index (χ2v) is 7.56. The van der Waals surface area contributed by atoms with E-state index in [0.29, 0.717) is 27.5 Å². The molecule has 0 atom stereocenters. The summed E-state index contributed by atoms with van der Waals surface area (Å²) in [6.07, 6.45) is 1.62. The molecule has 1 aliphatic rings. The predicted molar refractivity (Wildman–Crippen MR) is 110 cm³/mol. The largest absolute Gasteiger partial charge is 0.454 e. The molecule has 1 aliphatic heterocycles. The van der Waals surface area contributed by atoms with Gasteiger partial charge in [-0.3, -0.25) is 4.79 Å². The quantitative estimate of drug-likeness (QED) is 0.220. The number of thioether (sulfide) groups is 1. The lowest BCUT2D eigenvalue weighted by atomic mass is 10.1. The van der Waals surface area contributed by atoms with Crippen LogP contribution in [0.3, 0.4) is 0 Å². The van der Waals surface area contributed by atoms with Crippen LogP contribution in [-0.4, -0.2) is 44.0 Å². The van der Waals surface area contributed by atoms with Gasteiger partial charge >= 0.3 is 0 Å². The monoisotopic (exact) mass is 432 g/mol. The summed E-state index contributed by atoms with van der Waals surface area (Å²) in [5, 5.41) is 17.6. The minimum Gasteiger partial charge on any atom is -0.454 e. The summed E-state index contributed by atoms with van der Waals surface area (Å²) in [7, 11) is 0. The number of amides is 1. The van der Waals surface area contributed by atoms with Crippen LogP contribution in [0.1, 0.15) is 12.5 Å². The number of ether oxygens (including phenoxy) is 2. The summed E-state index contributed by atoms with van der Waals surface area (Å²) in [6, 6.07) is 5.55. The van der Waals surface area contributed by atoms with Crippen molar-refractivity contribution in [1.82, 2.24) is 19.9 Å². The molecule has 29 heavy (non-hydrogen) atoms. The van der Waals surface area contributed by atoms with E-state index in [1.807, 2.05) is 25.1 Å². The molecule has 0 unspecified atom stereocenters. The second-order valence-electron chi connectivity index (χ2n) is 5.73. The van der Waals surface area contributed by atoms with Crippen LogP contribution in [0.5, 0.6) is 11.5 Å². The van der Waals surface area contributed by atoms with E-state index in [1.54, 1.807) is 11.6 Å². The van der Waals surface area contributed by atoms with E-state index < -0.39 is 0 Å². The Balaban J connectivity index is 1.35. The fourth-order valence-corrected chi connectivity index (χ4v) is 3.54. The van der Waals surface area contributed by atoms with Gasteiger partial charge in [-0.2, -0.15) is 5.10 Å². The molecular weight excluding hydrogens is 416 g/mol. The van der Waals surface area contributed by atoms with Crippen LogP contribution in [0.15, 0.2) is 40.0 Å². The fourth-order valence-electron chi connectivity index (χ4n) is 2.34. The Bertz CT molecular complexity index is 1050. The highest BCUT2D eigenvalue weighted by molar-refractivity contribution is 7.99. The maximum atomic E-state index is 11.9. The Labute approximate surface area is 173 Å². The van der Waals surface area contributed by atoms with Crippen molar-refractivity contribution < 1.29 is 14.3 Å². The molecule has 13 heteroatoms. The standard InChI is InChI=1S/C16H16N8O3S2/c1-9(10-2-3-11-12(6-10)27-8-26-11)20-21-14-22-23-16(24(14)17)29-7-13(25)19-15-18-4-5-28-15/h2-6H,7-8,17H2,1H3,(H,21,22)(H,18,19,25)/b20-9+. The van der Waals surface area contributed by atoms with E-state index in [0.717, 1.165) is 17.3 Å². The van der Waals surface area contributed by atoms with E-state index >= 15 is 0 Å². The van der Waals surface area contributed by atoms with Crippen LogP contribution in [0, 0.1) is 0 Å². The van der Waals surface area contributed by atoms with Crippen molar-refractivity contribution in [2.24, 2.45) is 5.10 Å². The van der Waals surface area contributed by atoms with Crippen molar-refractivity contribution in [1.29, 1.82) is 0 Å². The highest BCUT2D eigenvalue weighted by Gasteiger charge is 2.15. The maximum absolute atomic E-state index is 11.9. The van der Waals surface area contributed by atoms with E-state index in [9.17, 15) is 4.79 Å². The van der Waals surface area contributed by atoms with Crippen LogP contribution in [0.4, 0.5) is 11.1 Å². The van der Waals surface area contributed by atoms with Crippen molar-refractivity contribution in [2.45, 2.75) is 12.1 Å². The third-order valence-electron chi connectivity index (χ3n) is 3.79. The number of benzene rings is 1. The molecule has 0 aliphatic carbocycles. The zero-order chi connectivity index (χ0) is 20.2. The fraction of sp³-hybridized carbons (Fsp3) is 0.188. The number of carbonyl (C=O) groups is 1. The summed E-state index contributed by atoms with van der Waals surface area (Å²) in [6.45, 7) is 2.05. The number of carbonyl (C=O) groups excluding carboxylic acids is 1. The summed E-state index contributed by atoms with van der Waals surface area (Å²) < 4.78 is 11.9. The Kier molecular flexibility index (Phi) is 5.48. The Morgan fingerprint density at radius 1 is 1.38 bits per heavy atom. The number of hydrazone groups is 1. The molecule has 0 saturated carbocycles. The van der Waals surface area contributed by atoms with Gasteiger partial charge in [-0.25, -0.2) is 15.1 Å². The summed E-state index contributed by atoms with van der Waals surface area (Å²) in [5.41, 5.74) is 4.34. The van der Waals surface area contributed by atoms with Crippen molar-refractivity contribution >= 4 is 45.8 Å². The predicted octanol–water partition coefficient (Wildman–Crippen LogP) is 1.74. The number of anilines is 2. The number of rotatable bonds is 7. The molecule has 2 aromatic heterocycles. The van der Waals surface area contributed by atoms with Crippen LogP contribution < -0.4 is 26.1 Å². The van der Waals surface area contributed by atoms with Gasteiger partial charge in [0.1, 0.15) is 0 Å². The topological polar surface area (TPSA) is 142 Å². The van der Waals surface area contributed by atoms with Gasteiger partial charge in [-0.15, -0.1) is 21.5 Å². The van der Waals surface area contributed by atoms with Gasteiger partial charge in [0.2, 0.25) is 17.9 Å². The van der Waals surface area contributed by atoms with Gasteiger partial charge in [0, 0.05) is 17.1 Å². The van der Waals surface area contributed by atoms with Crippen LogP contribution in [-0.2, 0) is 4.79 Å². The molecule has 3 heterocycles. The number of hydrogen-bond acceptors (Lipinski definition) is 11. The van der Waals surface area contributed by atoms with E-state index in [-0.39, 0.29) is 24.4 Å². The Morgan fingerprint density at radius 3 is 3.07 bits per heavy atom. The normalized spacial score (nSPS) is 12.8. The Hall–Kier alpha value is -3.32. The SMILES string of the molecule is C/C(=N\Nc1nnc(SCC(=O)Nc2nccs2)n1N)c1ccc2c(c1)OCO2. The summed E-state index contributed by atoms with van der Waals surface area (Å²) in [5.74, 6) is 7.52. The van der Waals surface area contributed by atoms with Gasteiger partial charge in [0.15, 0.2) is 16.6 Å². The lowest BCUT2D eigenvalue weighted by Gasteiger charge is -2.05.